The van der Waals surface area contributed by atoms with Crippen molar-refractivity contribution in [2.75, 3.05) is 24.2 Å². The Kier molecular flexibility index (Phi) is 3.08. The molecule has 0 spiro atoms. The van der Waals surface area contributed by atoms with E-state index in [9.17, 15) is 5.11 Å². The zero-order chi connectivity index (χ0) is 11.8. The van der Waals surface area contributed by atoms with Crippen molar-refractivity contribution >= 4 is 17.6 Å². The van der Waals surface area contributed by atoms with Gasteiger partial charge in [-0.25, -0.2) is 9.97 Å². The molecule has 0 atom stereocenters. The fraction of sp³-hybridized carbons (Fsp3) is 0.636. The molecule has 1 aromatic heterocycles. The van der Waals surface area contributed by atoms with Crippen molar-refractivity contribution in [1.29, 1.82) is 0 Å². The van der Waals surface area contributed by atoms with Gasteiger partial charge >= 0.3 is 0 Å². The van der Waals surface area contributed by atoms with Crippen LogP contribution in [0.3, 0.4) is 0 Å². The summed E-state index contributed by atoms with van der Waals surface area (Å²) in [6.45, 7) is 5.42. The number of hydrogen-bond donors (Lipinski definition) is 1. The van der Waals surface area contributed by atoms with Gasteiger partial charge < -0.3 is 10.0 Å². The first kappa shape index (κ1) is 11.7. The first-order valence-corrected chi connectivity index (χ1v) is 6.61. The van der Waals surface area contributed by atoms with Crippen molar-refractivity contribution in [3.8, 4) is 0 Å². The molecular formula is C11H17N3OS. The molecule has 4 nitrogen and oxygen atoms in total. The Morgan fingerprint density at radius 1 is 1.44 bits per heavy atom. The van der Waals surface area contributed by atoms with Crippen LogP contribution < -0.4 is 4.90 Å². The second-order valence-corrected chi connectivity index (χ2v) is 5.36. The fourth-order valence-corrected chi connectivity index (χ4v) is 2.13. The molecule has 1 aromatic rings. The van der Waals surface area contributed by atoms with Crippen LogP contribution in [0.2, 0.25) is 0 Å². The molecular weight excluding hydrogens is 222 g/mol. The largest absolute Gasteiger partial charge is 0.386 e. The predicted octanol–water partition coefficient (Wildman–Crippen LogP) is 1.41. The molecule has 1 aliphatic rings. The highest BCUT2D eigenvalue weighted by Gasteiger charge is 2.44. The Hall–Kier alpha value is -0.810. The number of nitrogens with zero attached hydrogens (tertiary/aromatic N) is 3. The van der Waals surface area contributed by atoms with Crippen LogP contribution in [-0.4, -0.2) is 40.0 Å². The van der Waals surface area contributed by atoms with Gasteiger partial charge in [0.15, 0.2) is 0 Å². The Morgan fingerprint density at radius 3 is 2.69 bits per heavy atom. The standard InChI is InChI=1S/C11H17N3OS/c1-8(2)11(15)5-14(6-11)9-4-10(16-3)13-7-12-9/h4,7-8,15H,5-6H2,1-3H3. The van der Waals surface area contributed by atoms with Crippen LogP contribution in [0.25, 0.3) is 0 Å². The van der Waals surface area contributed by atoms with Crippen LogP contribution in [-0.2, 0) is 0 Å². The highest BCUT2D eigenvalue weighted by Crippen LogP contribution is 2.32. The van der Waals surface area contributed by atoms with Gasteiger partial charge in [-0.3, -0.25) is 0 Å². The quantitative estimate of drug-likeness (QED) is 0.638. The van der Waals surface area contributed by atoms with E-state index in [1.54, 1.807) is 18.1 Å². The molecule has 1 N–H and O–H groups in total. The monoisotopic (exact) mass is 239 g/mol. The van der Waals surface area contributed by atoms with Crippen LogP contribution in [0.5, 0.6) is 0 Å². The van der Waals surface area contributed by atoms with E-state index in [-0.39, 0.29) is 5.92 Å². The topological polar surface area (TPSA) is 49.2 Å². The molecule has 0 radical (unpaired) electrons. The van der Waals surface area contributed by atoms with Gasteiger partial charge in [0.2, 0.25) is 0 Å². The van der Waals surface area contributed by atoms with Gasteiger partial charge in [0.25, 0.3) is 0 Å². The molecule has 0 unspecified atom stereocenters. The summed E-state index contributed by atoms with van der Waals surface area (Å²) in [7, 11) is 0. The molecule has 0 aromatic carbocycles. The normalized spacial score (nSPS) is 18.7. The van der Waals surface area contributed by atoms with E-state index in [1.165, 1.54) is 0 Å². The zero-order valence-corrected chi connectivity index (χ0v) is 10.7. The maximum absolute atomic E-state index is 10.2. The summed E-state index contributed by atoms with van der Waals surface area (Å²) in [4.78, 5) is 10.4. The molecule has 0 amide bonds. The number of rotatable bonds is 3. The van der Waals surface area contributed by atoms with Crippen molar-refractivity contribution in [1.82, 2.24) is 9.97 Å². The third-order valence-electron chi connectivity index (χ3n) is 3.16. The lowest BCUT2D eigenvalue weighted by atomic mass is 9.83. The van der Waals surface area contributed by atoms with Crippen molar-refractivity contribution < 1.29 is 5.11 Å². The highest BCUT2D eigenvalue weighted by molar-refractivity contribution is 7.98. The van der Waals surface area contributed by atoms with E-state index in [4.69, 9.17) is 0 Å². The summed E-state index contributed by atoms with van der Waals surface area (Å²) in [6, 6.07) is 1.96. The summed E-state index contributed by atoms with van der Waals surface area (Å²) >= 11 is 1.60. The van der Waals surface area contributed by atoms with E-state index < -0.39 is 5.60 Å². The minimum Gasteiger partial charge on any atom is -0.386 e. The number of β-amino-alcohol motifs (C(OH)–C–C–N with tert-alkyl or cyclic N) is 1. The average Bonchev–Trinajstić information content (AvgIpc) is 2.24. The average molecular weight is 239 g/mol. The van der Waals surface area contributed by atoms with Crippen LogP contribution in [0.15, 0.2) is 17.4 Å². The molecule has 1 fully saturated rings. The lowest BCUT2D eigenvalue weighted by Crippen LogP contribution is -2.65. The van der Waals surface area contributed by atoms with Crippen LogP contribution >= 0.6 is 11.8 Å². The third kappa shape index (κ3) is 2.01. The Morgan fingerprint density at radius 2 is 2.12 bits per heavy atom. The summed E-state index contributed by atoms with van der Waals surface area (Å²) in [5.41, 5.74) is -0.551. The molecule has 16 heavy (non-hydrogen) atoms. The zero-order valence-electron chi connectivity index (χ0n) is 9.84. The minimum atomic E-state index is -0.551. The molecule has 1 aliphatic heterocycles. The fourth-order valence-electron chi connectivity index (χ4n) is 1.76. The van der Waals surface area contributed by atoms with Gasteiger partial charge in [0, 0.05) is 6.07 Å². The SMILES string of the molecule is CSc1cc(N2CC(O)(C(C)C)C2)ncn1. The summed E-state index contributed by atoms with van der Waals surface area (Å²) in [5.74, 6) is 1.19. The van der Waals surface area contributed by atoms with Crippen molar-refractivity contribution in [3.63, 3.8) is 0 Å². The maximum atomic E-state index is 10.2. The number of thioether (sulfide) groups is 1. The van der Waals surface area contributed by atoms with Gasteiger partial charge in [-0.05, 0) is 12.2 Å². The first-order valence-electron chi connectivity index (χ1n) is 5.38. The lowest BCUT2D eigenvalue weighted by Gasteiger charge is -2.49. The number of aliphatic hydroxyl groups is 1. The van der Waals surface area contributed by atoms with Gasteiger partial charge in [-0.2, -0.15) is 0 Å². The molecule has 5 heteroatoms. The molecule has 0 bridgehead atoms. The first-order chi connectivity index (χ1) is 7.55. The Balaban J connectivity index is 2.06. The third-order valence-corrected chi connectivity index (χ3v) is 3.81. The van der Waals surface area contributed by atoms with Gasteiger partial charge in [-0.15, -0.1) is 11.8 Å². The second kappa shape index (κ2) is 4.22. The number of aromatic nitrogens is 2. The highest BCUT2D eigenvalue weighted by atomic mass is 32.2. The molecule has 2 heterocycles. The lowest BCUT2D eigenvalue weighted by molar-refractivity contribution is -0.0304. The van der Waals surface area contributed by atoms with E-state index in [0.717, 1.165) is 10.8 Å². The summed E-state index contributed by atoms with van der Waals surface area (Å²) in [6.07, 6.45) is 3.57. The smallest absolute Gasteiger partial charge is 0.133 e. The van der Waals surface area contributed by atoms with Crippen molar-refractivity contribution in [2.45, 2.75) is 24.5 Å². The van der Waals surface area contributed by atoms with Crippen LogP contribution in [0, 0.1) is 5.92 Å². The Bertz CT molecular complexity index is 377. The maximum Gasteiger partial charge on any atom is 0.133 e. The van der Waals surface area contributed by atoms with Crippen molar-refractivity contribution in [2.24, 2.45) is 5.92 Å². The van der Waals surface area contributed by atoms with E-state index in [1.807, 2.05) is 26.2 Å². The van der Waals surface area contributed by atoms with Gasteiger partial charge in [-0.1, -0.05) is 13.8 Å². The second-order valence-electron chi connectivity index (χ2n) is 4.53. The Labute approximate surface area is 100 Å². The van der Waals surface area contributed by atoms with Crippen LogP contribution in [0.4, 0.5) is 5.82 Å². The number of anilines is 1. The summed E-state index contributed by atoms with van der Waals surface area (Å²) < 4.78 is 0. The van der Waals surface area contributed by atoms with Crippen molar-refractivity contribution in [3.05, 3.63) is 12.4 Å². The number of hydrogen-bond acceptors (Lipinski definition) is 5. The predicted molar refractivity (Wildman–Crippen MR) is 65.8 cm³/mol. The molecule has 2 rings (SSSR count). The van der Waals surface area contributed by atoms with Crippen LogP contribution in [0.1, 0.15) is 13.8 Å². The van der Waals surface area contributed by atoms with Gasteiger partial charge in [0.1, 0.15) is 22.8 Å². The van der Waals surface area contributed by atoms with Gasteiger partial charge in [0.05, 0.1) is 13.1 Å². The molecule has 88 valence electrons. The summed E-state index contributed by atoms with van der Waals surface area (Å²) in [5, 5.41) is 11.1. The van der Waals surface area contributed by atoms with E-state index in [2.05, 4.69) is 14.9 Å². The molecule has 0 saturated carbocycles. The van der Waals surface area contributed by atoms with E-state index in [0.29, 0.717) is 13.1 Å². The minimum absolute atomic E-state index is 0.283. The van der Waals surface area contributed by atoms with E-state index >= 15 is 0 Å². The molecule has 1 saturated heterocycles. The molecule has 0 aliphatic carbocycles.